The number of aliphatic hydroxyl groups excluding tert-OH is 1. The van der Waals surface area contributed by atoms with Gasteiger partial charge in [0.05, 0.1) is 6.61 Å². The van der Waals surface area contributed by atoms with Gasteiger partial charge in [0.15, 0.2) is 0 Å². The predicted octanol–water partition coefficient (Wildman–Crippen LogP) is 0.196. The van der Waals surface area contributed by atoms with Crippen LogP contribution in [0.15, 0.2) is 0 Å². The van der Waals surface area contributed by atoms with Gasteiger partial charge in [-0.1, -0.05) is 6.92 Å². The van der Waals surface area contributed by atoms with E-state index in [0.717, 1.165) is 6.21 Å². The molecular weight excluding hydrogens is 200 g/mol. The van der Waals surface area contributed by atoms with Gasteiger partial charge in [0.25, 0.3) is 0 Å². The van der Waals surface area contributed by atoms with Crippen LogP contribution in [0.4, 0.5) is 0 Å². The van der Waals surface area contributed by atoms with Crippen molar-refractivity contribution in [2.45, 2.75) is 33.3 Å². The highest BCUT2D eigenvalue weighted by molar-refractivity contribution is 6.24. The fourth-order valence-electron chi connectivity index (χ4n) is 0.419. The average molecular weight is 216 g/mol. The molecule has 6 nitrogen and oxygen atoms in total. The molecule has 0 saturated carbocycles. The first kappa shape index (κ1) is 15.9. The molecule has 0 amide bonds. The molecule has 0 spiro atoms. The van der Waals surface area contributed by atoms with Gasteiger partial charge in [-0.2, -0.15) is 4.79 Å². The number of esters is 1. The SMILES string of the molecule is CCC(=O)C=[N+]=[N-].CCOC(=O)C(C)O. The van der Waals surface area contributed by atoms with Crippen LogP contribution < -0.4 is 0 Å². The summed E-state index contributed by atoms with van der Waals surface area (Å²) in [5.41, 5.74) is 7.72. The Labute approximate surface area is 88.5 Å². The summed E-state index contributed by atoms with van der Waals surface area (Å²) in [5.74, 6) is -0.727. The molecule has 1 unspecified atom stereocenters. The van der Waals surface area contributed by atoms with E-state index in [1.54, 1.807) is 13.8 Å². The zero-order valence-corrected chi connectivity index (χ0v) is 9.14. The van der Waals surface area contributed by atoms with E-state index in [4.69, 9.17) is 10.6 Å². The molecule has 0 rings (SSSR count). The zero-order valence-electron chi connectivity index (χ0n) is 9.14. The van der Waals surface area contributed by atoms with Gasteiger partial charge in [-0.05, 0) is 13.8 Å². The zero-order chi connectivity index (χ0) is 12.3. The number of rotatable bonds is 4. The van der Waals surface area contributed by atoms with Crippen LogP contribution in [0.5, 0.6) is 0 Å². The van der Waals surface area contributed by atoms with Crippen LogP contribution in [0.2, 0.25) is 0 Å². The summed E-state index contributed by atoms with van der Waals surface area (Å²) in [5, 5.41) is 8.48. The van der Waals surface area contributed by atoms with Crippen molar-refractivity contribution in [2.75, 3.05) is 6.61 Å². The minimum absolute atomic E-state index is 0.164. The Bertz CT molecular complexity index is 244. The lowest BCUT2D eigenvalue weighted by Crippen LogP contribution is -2.18. The highest BCUT2D eigenvalue weighted by Crippen LogP contribution is 1.84. The Hall–Kier alpha value is -1.52. The number of hydrogen-bond donors (Lipinski definition) is 1. The van der Waals surface area contributed by atoms with E-state index in [1.807, 2.05) is 0 Å². The van der Waals surface area contributed by atoms with Gasteiger partial charge < -0.3 is 15.4 Å². The van der Waals surface area contributed by atoms with Crippen LogP contribution in [-0.4, -0.2) is 40.6 Å². The Morgan fingerprint density at radius 2 is 2.07 bits per heavy atom. The van der Waals surface area contributed by atoms with Crippen molar-refractivity contribution >= 4 is 18.0 Å². The summed E-state index contributed by atoms with van der Waals surface area (Å²) in [6.07, 6.45) is 0.291. The van der Waals surface area contributed by atoms with Gasteiger partial charge in [0.2, 0.25) is 5.78 Å². The Morgan fingerprint density at radius 3 is 2.20 bits per heavy atom. The molecule has 0 heterocycles. The van der Waals surface area contributed by atoms with Crippen LogP contribution >= 0.6 is 0 Å². The fraction of sp³-hybridized carbons (Fsp3) is 0.667. The molecule has 0 aromatic heterocycles. The summed E-state index contributed by atoms with van der Waals surface area (Å²) >= 11 is 0. The monoisotopic (exact) mass is 216 g/mol. The lowest BCUT2D eigenvalue weighted by Gasteiger charge is -2.01. The van der Waals surface area contributed by atoms with Gasteiger partial charge in [0.1, 0.15) is 6.10 Å². The average Bonchev–Trinajstić information content (AvgIpc) is 2.19. The number of ether oxygens (including phenoxy) is 1. The standard InChI is InChI=1S/C5H10O3.C4H6N2O/c1-3-8-5(7)4(2)6;1-2-4(7)3-6-5/h4,6H,3H2,1-2H3;3H,2H2,1H3. The number of Topliss-reactive ketones (excluding diaryl/α,β-unsaturated/α-hetero) is 1. The van der Waals surface area contributed by atoms with Crippen molar-refractivity contribution in [3.8, 4) is 0 Å². The molecule has 15 heavy (non-hydrogen) atoms. The molecule has 1 atom stereocenters. The third kappa shape index (κ3) is 12.5. The Kier molecular flexibility index (Phi) is 11.2. The van der Waals surface area contributed by atoms with Crippen molar-refractivity contribution in [3.63, 3.8) is 0 Å². The summed E-state index contributed by atoms with van der Waals surface area (Å²) in [6, 6.07) is 0. The van der Waals surface area contributed by atoms with E-state index in [-0.39, 0.29) is 5.78 Å². The second kappa shape index (κ2) is 10.6. The molecule has 1 N–H and O–H groups in total. The normalized spacial score (nSPS) is 10.1. The second-order valence-electron chi connectivity index (χ2n) is 2.49. The first-order valence-electron chi connectivity index (χ1n) is 4.54. The Balaban J connectivity index is 0. The van der Waals surface area contributed by atoms with Gasteiger partial charge in [-0.15, -0.1) is 0 Å². The molecule has 0 radical (unpaired) electrons. The van der Waals surface area contributed by atoms with E-state index < -0.39 is 12.1 Å². The Morgan fingerprint density at radius 1 is 1.53 bits per heavy atom. The molecule has 0 aliphatic heterocycles. The van der Waals surface area contributed by atoms with Gasteiger partial charge in [0, 0.05) is 6.42 Å². The number of aliphatic hydroxyl groups is 1. The maximum Gasteiger partial charge on any atom is 0.334 e. The summed E-state index contributed by atoms with van der Waals surface area (Å²) in [6.45, 7) is 5.09. The largest absolute Gasteiger partial charge is 0.464 e. The molecule has 6 heteroatoms. The van der Waals surface area contributed by atoms with Crippen LogP contribution in [-0.2, 0) is 14.3 Å². The van der Waals surface area contributed by atoms with Gasteiger partial charge >= 0.3 is 12.2 Å². The quantitative estimate of drug-likeness (QED) is 0.314. The van der Waals surface area contributed by atoms with E-state index >= 15 is 0 Å². The molecule has 0 aromatic rings. The minimum atomic E-state index is -0.991. The van der Waals surface area contributed by atoms with E-state index in [0.29, 0.717) is 13.0 Å². The first-order valence-corrected chi connectivity index (χ1v) is 4.54. The molecule has 0 saturated heterocycles. The predicted molar refractivity (Wildman–Crippen MR) is 53.3 cm³/mol. The van der Waals surface area contributed by atoms with Crippen LogP contribution in [0.1, 0.15) is 27.2 Å². The van der Waals surface area contributed by atoms with Gasteiger partial charge in [-0.3, -0.25) is 4.79 Å². The summed E-state index contributed by atoms with van der Waals surface area (Å²) in [4.78, 5) is 22.9. The molecule has 0 aromatic carbocycles. The van der Waals surface area contributed by atoms with Crippen molar-refractivity contribution in [1.82, 2.24) is 0 Å². The minimum Gasteiger partial charge on any atom is -0.464 e. The van der Waals surface area contributed by atoms with E-state index in [2.05, 4.69) is 9.53 Å². The van der Waals surface area contributed by atoms with Crippen LogP contribution in [0.3, 0.4) is 0 Å². The lowest BCUT2D eigenvalue weighted by atomic mass is 10.3. The lowest BCUT2D eigenvalue weighted by molar-refractivity contribution is -0.151. The number of carbonyl (C=O) groups excluding carboxylic acids is 2. The van der Waals surface area contributed by atoms with E-state index in [1.165, 1.54) is 6.92 Å². The molecular formula is C9H16N2O4. The summed E-state index contributed by atoms with van der Waals surface area (Å²) < 4.78 is 4.41. The molecule has 0 aliphatic rings. The molecule has 0 bridgehead atoms. The highest BCUT2D eigenvalue weighted by atomic mass is 16.5. The smallest absolute Gasteiger partial charge is 0.334 e. The van der Waals surface area contributed by atoms with Crippen molar-refractivity contribution in [1.29, 1.82) is 0 Å². The van der Waals surface area contributed by atoms with Crippen molar-refractivity contribution < 1.29 is 24.2 Å². The van der Waals surface area contributed by atoms with Crippen LogP contribution in [0.25, 0.3) is 5.53 Å². The second-order valence-corrected chi connectivity index (χ2v) is 2.49. The van der Waals surface area contributed by atoms with Crippen molar-refractivity contribution in [2.24, 2.45) is 0 Å². The fourth-order valence-corrected chi connectivity index (χ4v) is 0.419. The molecule has 0 fully saturated rings. The number of ketones is 1. The highest BCUT2D eigenvalue weighted by Gasteiger charge is 2.07. The maximum atomic E-state index is 10.3. The van der Waals surface area contributed by atoms with E-state index in [9.17, 15) is 9.59 Å². The number of nitrogens with zero attached hydrogens (tertiary/aromatic N) is 2. The first-order chi connectivity index (χ1) is 6.99. The maximum absolute atomic E-state index is 10.3. The molecule has 0 aliphatic carbocycles. The summed E-state index contributed by atoms with van der Waals surface area (Å²) in [7, 11) is 0. The van der Waals surface area contributed by atoms with Crippen molar-refractivity contribution in [3.05, 3.63) is 5.53 Å². The molecule has 86 valence electrons. The third-order valence-electron chi connectivity index (χ3n) is 1.18. The number of hydrogen-bond acceptors (Lipinski definition) is 4. The van der Waals surface area contributed by atoms with Crippen LogP contribution in [0, 0.1) is 0 Å². The number of carbonyl (C=O) groups is 2. The topological polar surface area (TPSA) is 100 Å². The van der Waals surface area contributed by atoms with Gasteiger partial charge in [-0.25, -0.2) is 4.79 Å². The third-order valence-corrected chi connectivity index (χ3v) is 1.18.